The van der Waals surface area contributed by atoms with Gasteiger partial charge in [-0.15, -0.1) is 0 Å². The van der Waals surface area contributed by atoms with Crippen molar-refractivity contribution >= 4 is 28.6 Å². The molecule has 1 atom stereocenters. The van der Waals surface area contributed by atoms with E-state index in [9.17, 15) is 14.9 Å². The Morgan fingerprint density at radius 2 is 2.00 bits per heavy atom. The van der Waals surface area contributed by atoms with Crippen LogP contribution in [0.1, 0.15) is 29.1 Å². The van der Waals surface area contributed by atoms with Gasteiger partial charge in [-0.25, -0.2) is 0 Å². The summed E-state index contributed by atoms with van der Waals surface area (Å²) in [6.45, 7) is 1.86. The summed E-state index contributed by atoms with van der Waals surface area (Å²) in [6.07, 6.45) is 0.583. The first kappa shape index (κ1) is 14.8. The van der Waals surface area contributed by atoms with Crippen LogP contribution >= 0.6 is 0 Å². The van der Waals surface area contributed by atoms with Crippen molar-refractivity contribution in [3.63, 3.8) is 0 Å². The fourth-order valence-corrected chi connectivity index (χ4v) is 2.42. The first-order valence-corrected chi connectivity index (χ1v) is 7.07. The van der Waals surface area contributed by atoms with Crippen LogP contribution in [0.25, 0.3) is 11.0 Å². The first-order valence-electron chi connectivity index (χ1n) is 7.07. The second-order valence-electron chi connectivity index (χ2n) is 5.20. The number of para-hydroxylation sites is 1. The van der Waals surface area contributed by atoms with Gasteiger partial charge in [0.15, 0.2) is 0 Å². The van der Waals surface area contributed by atoms with E-state index < -0.39 is 4.92 Å². The highest BCUT2D eigenvalue weighted by molar-refractivity contribution is 5.80. The van der Waals surface area contributed by atoms with Crippen molar-refractivity contribution in [1.29, 1.82) is 0 Å². The second-order valence-corrected chi connectivity index (χ2v) is 5.20. The smallest absolute Gasteiger partial charge is 0.293 e. The Balaban J connectivity index is 1.91. The van der Waals surface area contributed by atoms with E-state index in [1.165, 1.54) is 18.2 Å². The molecule has 6 heteroatoms. The Hall–Kier alpha value is -3.15. The molecule has 1 N–H and O–H groups in total. The number of nitro groups is 1. The monoisotopic (exact) mass is 310 g/mol. The van der Waals surface area contributed by atoms with Gasteiger partial charge in [0.25, 0.3) is 5.69 Å². The first-order chi connectivity index (χ1) is 11.1. The molecule has 0 fully saturated rings. The molecule has 0 saturated carbocycles. The third kappa shape index (κ3) is 2.91. The van der Waals surface area contributed by atoms with E-state index in [0.717, 1.165) is 11.0 Å². The number of anilines is 1. The Morgan fingerprint density at radius 3 is 2.70 bits per heavy atom. The Kier molecular flexibility index (Phi) is 3.80. The molecule has 3 rings (SSSR count). The average Bonchev–Trinajstić information content (AvgIpc) is 2.99. The van der Waals surface area contributed by atoms with Crippen LogP contribution in [0, 0.1) is 10.1 Å². The molecule has 6 nitrogen and oxygen atoms in total. The molecular formula is C17H14N2O4. The summed E-state index contributed by atoms with van der Waals surface area (Å²) in [6, 6.07) is 13.6. The number of carbonyl (C=O) groups is 1. The summed E-state index contributed by atoms with van der Waals surface area (Å²) in [5.74, 6) is 0.681. The van der Waals surface area contributed by atoms with E-state index in [4.69, 9.17) is 4.42 Å². The maximum Gasteiger partial charge on any atom is 0.293 e. The zero-order valence-electron chi connectivity index (χ0n) is 12.4. The Bertz CT molecular complexity index is 852. The number of carbonyl (C=O) groups excluding carboxylic acids is 1. The van der Waals surface area contributed by atoms with Gasteiger partial charge in [-0.3, -0.25) is 14.9 Å². The van der Waals surface area contributed by atoms with Crippen LogP contribution in [0.5, 0.6) is 0 Å². The van der Waals surface area contributed by atoms with Gasteiger partial charge >= 0.3 is 0 Å². The van der Waals surface area contributed by atoms with Crippen molar-refractivity contribution < 1.29 is 14.1 Å². The van der Waals surface area contributed by atoms with Crippen LogP contribution in [0.2, 0.25) is 0 Å². The predicted molar refractivity (Wildman–Crippen MR) is 86.7 cm³/mol. The summed E-state index contributed by atoms with van der Waals surface area (Å²) < 4.78 is 5.76. The highest BCUT2D eigenvalue weighted by atomic mass is 16.6. The Morgan fingerprint density at radius 1 is 1.22 bits per heavy atom. The van der Waals surface area contributed by atoms with Crippen molar-refractivity contribution in [2.45, 2.75) is 13.0 Å². The third-order valence-corrected chi connectivity index (χ3v) is 3.60. The van der Waals surface area contributed by atoms with Crippen LogP contribution in [-0.2, 0) is 0 Å². The number of hydrogen-bond donors (Lipinski definition) is 1. The van der Waals surface area contributed by atoms with Gasteiger partial charge in [-0.05, 0) is 31.2 Å². The topological polar surface area (TPSA) is 85.4 Å². The van der Waals surface area contributed by atoms with Crippen molar-refractivity contribution in [2.24, 2.45) is 0 Å². The van der Waals surface area contributed by atoms with E-state index in [2.05, 4.69) is 5.32 Å². The quantitative estimate of drug-likeness (QED) is 0.431. The summed E-state index contributed by atoms with van der Waals surface area (Å²) in [4.78, 5) is 21.4. The molecule has 0 unspecified atom stereocenters. The molecule has 0 radical (unpaired) electrons. The molecule has 1 heterocycles. The van der Waals surface area contributed by atoms with Crippen LogP contribution in [0.4, 0.5) is 11.4 Å². The molecule has 116 valence electrons. The van der Waals surface area contributed by atoms with E-state index >= 15 is 0 Å². The highest BCUT2D eigenvalue weighted by Gasteiger charge is 2.18. The lowest BCUT2D eigenvalue weighted by molar-refractivity contribution is -0.384. The number of fused-ring (bicyclic) bond motifs is 1. The number of aldehydes is 1. The molecule has 0 bridgehead atoms. The molecule has 1 aromatic heterocycles. The second kappa shape index (κ2) is 5.92. The van der Waals surface area contributed by atoms with Gasteiger partial charge in [0, 0.05) is 17.0 Å². The van der Waals surface area contributed by atoms with Gasteiger partial charge in [-0.2, -0.15) is 0 Å². The number of rotatable bonds is 5. The summed E-state index contributed by atoms with van der Waals surface area (Å²) >= 11 is 0. The van der Waals surface area contributed by atoms with Crippen molar-refractivity contribution in [3.05, 3.63) is 70.0 Å². The van der Waals surface area contributed by atoms with Gasteiger partial charge in [0.05, 0.1) is 11.0 Å². The van der Waals surface area contributed by atoms with Gasteiger partial charge in [0.2, 0.25) is 0 Å². The summed E-state index contributed by atoms with van der Waals surface area (Å²) in [7, 11) is 0. The van der Waals surface area contributed by atoms with E-state index in [0.29, 0.717) is 17.7 Å². The molecular weight excluding hydrogens is 296 g/mol. The largest absolute Gasteiger partial charge is 0.459 e. The van der Waals surface area contributed by atoms with Gasteiger partial charge in [0.1, 0.15) is 23.3 Å². The van der Waals surface area contributed by atoms with Crippen LogP contribution in [-0.4, -0.2) is 11.2 Å². The molecule has 0 saturated heterocycles. The van der Waals surface area contributed by atoms with Crippen molar-refractivity contribution in [3.8, 4) is 0 Å². The molecule has 0 aliphatic heterocycles. The lowest BCUT2D eigenvalue weighted by atomic mass is 10.1. The maximum absolute atomic E-state index is 11.2. The normalized spacial score (nSPS) is 12.0. The number of nitrogens with one attached hydrogen (secondary N) is 1. The Labute approximate surface area is 131 Å². The SMILES string of the molecule is C[C@@H](Nc1ccc(C=O)cc1[N+](=O)[O-])c1cc2ccccc2o1. The highest BCUT2D eigenvalue weighted by Crippen LogP contribution is 2.31. The molecule has 0 aliphatic rings. The van der Waals surface area contributed by atoms with Crippen molar-refractivity contribution in [2.75, 3.05) is 5.32 Å². The fourth-order valence-electron chi connectivity index (χ4n) is 2.42. The number of benzene rings is 2. The number of nitro benzene ring substituents is 1. The lowest BCUT2D eigenvalue weighted by Gasteiger charge is -2.13. The zero-order valence-corrected chi connectivity index (χ0v) is 12.4. The minimum Gasteiger partial charge on any atom is -0.459 e. The van der Waals surface area contributed by atoms with E-state index in [1.54, 1.807) is 0 Å². The number of nitrogens with zero attached hydrogens (tertiary/aromatic N) is 1. The number of furan rings is 1. The molecule has 0 spiro atoms. The van der Waals surface area contributed by atoms with Crippen LogP contribution < -0.4 is 5.32 Å². The zero-order chi connectivity index (χ0) is 16.4. The average molecular weight is 310 g/mol. The van der Waals surface area contributed by atoms with Crippen LogP contribution in [0.15, 0.2) is 52.9 Å². The minimum absolute atomic E-state index is 0.141. The predicted octanol–water partition coefficient (Wildman–Crippen LogP) is 4.33. The van der Waals surface area contributed by atoms with Crippen molar-refractivity contribution in [1.82, 2.24) is 0 Å². The van der Waals surface area contributed by atoms with Gasteiger partial charge in [-0.1, -0.05) is 18.2 Å². The third-order valence-electron chi connectivity index (χ3n) is 3.60. The maximum atomic E-state index is 11.2. The molecule has 0 amide bonds. The molecule has 2 aromatic carbocycles. The molecule has 23 heavy (non-hydrogen) atoms. The summed E-state index contributed by atoms with van der Waals surface area (Å²) in [5, 5.41) is 15.2. The lowest BCUT2D eigenvalue weighted by Crippen LogP contribution is -2.07. The minimum atomic E-state index is -0.513. The van der Waals surface area contributed by atoms with Crippen LogP contribution in [0.3, 0.4) is 0 Å². The van der Waals surface area contributed by atoms with E-state index in [1.807, 2.05) is 37.3 Å². The standard InChI is InChI=1S/C17H14N2O4/c1-11(17-9-13-4-2-3-5-16(13)23-17)18-14-7-6-12(10-20)8-15(14)19(21)22/h2-11,18H,1H3/t11-/m1/s1. The van der Waals surface area contributed by atoms with E-state index in [-0.39, 0.29) is 17.3 Å². The fraction of sp³-hybridized carbons (Fsp3) is 0.118. The molecule has 3 aromatic rings. The summed E-state index contributed by atoms with van der Waals surface area (Å²) in [5.41, 5.74) is 1.23. The molecule has 0 aliphatic carbocycles. The van der Waals surface area contributed by atoms with Gasteiger partial charge < -0.3 is 9.73 Å². The number of hydrogen-bond acceptors (Lipinski definition) is 5.